The lowest BCUT2D eigenvalue weighted by Crippen LogP contribution is -1.91. The molecular weight excluding hydrogens is 130 g/mol. The molecule has 0 fully saturated rings. The summed E-state index contributed by atoms with van der Waals surface area (Å²) in [7, 11) is 0. The summed E-state index contributed by atoms with van der Waals surface area (Å²) in [5, 5.41) is 8.48. The van der Waals surface area contributed by atoms with Gasteiger partial charge in [-0.2, -0.15) is 0 Å². The molecule has 1 rings (SSSR count). The van der Waals surface area contributed by atoms with Crippen LogP contribution in [0.25, 0.3) is 0 Å². The predicted molar refractivity (Wildman–Crippen MR) is 38.6 cm³/mol. The Morgan fingerprint density at radius 3 is 2.70 bits per heavy atom. The first kappa shape index (κ1) is 9.07. The molecule has 0 radical (unpaired) electrons. The van der Waals surface area contributed by atoms with Crippen molar-refractivity contribution in [1.82, 2.24) is 4.98 Å². The van der Waals surface area contributed by atoms with Crippen LogP contribution in [0.2, 0.25) is 0 Å². The SMILES string of the molecule is O.OCCc1ccccn1. The molecule has 1 aromatic heterocycles. The van der Waals surface area contributed by atoms with Crippen LogP contribution in [0, 0.1) is 0 Å². The first-order valence-corrected chi connectivity index (χ1v) is 2.94. The second-order valence-corrected chi connectivity index (χ2v) is 1.79. The van der Waals surface area contributed by atoms with Crippen LogP contribution in [0.5, 0.6) is 0 Å². The highest BCUT2D eigenvalue weighted by Crippen LogP contribution is 1.91. The standard InChI is InChI=1S/C7H9NO.H2O/c9-6-4-7-3-1-2-5-8-7;/h1-3,5,9H,4,6H2;1H2. The topological polar surface area (TPSA) is 64.6 Å². The van der Waals surface area contributed by atoms with E-state index in [9.17, 15) is 0 Å². The first-order chi connectivity index (χ1) is 4.43. The van der Waals surface area contributed by atoms with Crippen molar-refractivity contribution in [2.45, 2.75) is 6.42 Å². The Labute approximate surface area is 59.7 Å². The Hall–Kier alpha value is -0.930. The lowest BCUT2D eigenvalue weighted by molar-refractivity contribution is 0.298. The van der Waals surface area contributed by atoms with Crippen molar-refractivity contribution in [1.29, 1.82) is 0 Å². The quantitative estimate of drug-likeness (QED) is 0.619. The van der Waals surface area contributed by atoms with Gasteiger partial charge < -0.3 is 10.6 Å². The third-order valence-electron chi connectivity index (χ3n) is 1.09. The van der Waals surface area contributed by atoms with Crippen LogP contribution in [0.1, 0.15) is 5.69 Å². The molecule has 0 atom stereocenters. The van der Waals surface area contributed by atoms with Crippen LogP contribution in [-0.4, -0.2) is 22.2 Å². The lowest BCUT2D eigenvalue weighted by atomic mass is 10.3. The van der Waals surface area contributed by atoms with Gasteiger partial charge in [0.05, 0.1) is 0 Å². The molecule has 1 heterocycles. The van der Waals surface area contributed by atoms with Gasteiger partial charge in [-0.15, -0.1) is 0 Å². The summed E-state index contributed by atoms with van der Waals surface area (Å²) in [6, 6.07) is 5.68. The normalized spacial score (nSPS) is 8.50. The van der Waals surface area contributed by atoms with Crippen molar-refractivity contribution >= 4 is 0 Å². The number of aliphatic hydroxyl groups excluding tert-OH is 1. The minimum atomic E-state index is 0. The minimum absolute atomic E-state index is 0. The van der Waals surface area contributed by atoms with E-state index in [1.54, 1.807) is 6.20 Å². The Balaban J connectivity index is 0.000000810. The second-order valence-electron chi connectivity index (χ2n) is 1.79. The zero-order valence-electron chi connectivity index (χ0n) is 5.62. The van der Waals surface area contributed by atoms with Crippen LogP contribution in [0.3, 0.4) is 0 Å². The smallest absolute Gasteiger partial charge is 0.0486 e. The molecule has 0 spiro atoms. The van der Waals surface area contributed by atoms with E-state index in [4.69, 9.17) is 5.11 Å². The van der Waals surface area contributed by atoms with E-state index in [0.29, 0.717) is 6.42 Å². The number of rotatable bonds is 2. The third kappa shape index (κ3) is 2.57. The van der Waals surface area contributed by atoms with Crippen molar-refractivity contribution in [3.8, 4) is 0 Å². The summed E-state index contributed by atoms with van der Waals surface area (Å²) in [4.78, 5) is 4.01. The number of nitrogens with zero attached hydrogens (tertiary/aromatic N) is 1. The van der Waals surface area contributed by atoms with Crippen LogP contribution in [0.4, 0.5) is 0 Å². The molecule has 0 aliphatic carbocycles. The monoisotopic (exact) mass is 141 g/mol. The molecule has 56 valence electrons. The van der Waals surface area contributed by atoms with E-state index in [-0.39, 0.29) is 12.1 Å². The molecule has 0 aliphatic heterocycles. The summed E-state index contributed by atoms with van der Waals surface area (Å²) in [5.74, 6) is 0. The van der Waals surface area contributed by atoms with E-state index in [2.05, 4.69) is 4.98 Å². The van der Waals surface area contributed by atoms with E-state index < -0.39 is 0 Å². The zero-order chi connectivity index (χ0) is 6.53. The van der Waals surface area contributed by atoms with Crippen LogP contribution < -0.4 is 0 Å². The van der Waals surface area contributed by atoms with Gasteiger partial charge in [-0.1, -0.05) is 6.07 Å². The van der Waals surface area contributed by atoms with Gasteiger partial charge >= 0.3 is 0 Å². The number of aliphatic hydroxyl groups is 1. The van der Waals surface area contributed by atoms with Gasteiger partial charge in [0.1, 0.15) is 0 Å². The average Bonchev–Trinajstić information content (AvgIpc) is 1.91. The summed E-state index contributed by atoms with van der Waals surface area (Å²) >= 11 is 0. The Morgan fingerprint density at radius 2 is 2.20 bits per heavy atom. The highest BCUT2D eigenvalue weighted by Gasteiger charge is 1.87. The maximum Gasteiger partial charge on any atom is 0.0486 e. The fourth-order valence-electron chi connectivity index (χ4n) is 0.661. The van der Waals surface area contributed by atoms with Gasteiger partial charge in [-0.25, -0.2) is 0 Å². The third-order valence-corrected chi connectivity index (χ3v) is 1.09. The Morgan fingerprint density at radius 1 is 1.40 bits per heavy atom. The average molecular weight is 141 g/mol. The molecule has 0 unspecified atom stereocenters. The molecule has 1 aromatic rings. The summed E-state index contributed by atoms with van der Waals surface area (Å²) in [6.45, 7) is 0.178. The van der Waals surface area contributed by atoms with Gasteiger partial charge in [0.25, 0.3) is 0 Å². The molecule has 0 aliphatic rings. The Bertz CT molecular complexity index is 165. The van der Waals surface area contributed by atoms with Gasteiger partial charge in [0.15, 0.2) is 0 Å². The van der Waals surface area contributed by atoms with Crippen molar-refractivity contribution in [3.63, 3.8) is 0 Å². The van der Waals surface area contributed by atoms with Gasteiger partial charge in [0.2, 0.25) is 0 Å². The fourth-order valence-corrected chi connectivity index (χ4v) is 0.661. The van der Waals surface area contributed by atoms with E-state index in [0.717, 1.165) is 5.69 Å². The maximum atomic E-state index is 8.48. The number of hydrogen-bond acceptors (Lipinski definition) is 2. The lowest BCUT2D eigenvalue weighted by Gasteiger charge is -1.92. The van der Waals surface area contributed by atoms with E-state index >= 15 is 0 Å². The highest BCUT2D eigenvalue weighted by molar-refractivity contribution is 5.03. The zero-order valence-corrected chi connectivity index (χ0v) is 5.62. The van der Waals surface area contributed by atoms with Crippen molar-refractivity contribution in [2.24, 2.45) is 0 Å². The Kier molecular flexibility index (Phi) is 4.45. The van der Waals surface area contributed by atoms with E-state index in [1.165, 1.54) is 0 Å². The molecule has 0 saturated carbocycles. The van der Waals surface area contributed by atoms with Crippen molar-refractivity contribution in [2.75, 3.05) is 6.61 Å². The van der Waals surface area contributed by atoms with Gasteiger partial charge in [-0.3, -0.25) is 4.98 Å². The largest absolute Gasteiger partial charge is 0.412 e. The highest BCUT2D eigenvalue weighted by atomic mass is 16.3. The summed E-state index contributed by atoms with van der Waals surface area (Å²) < 4.78 is 0. The molecule has 10 heavy (non-hydrogen) atoms. The molecule has 3 heteroatoms. The van der Waals surface area contributed by atoms with Crippen molar-refractivity contribution in [3.05, 3.63) is 30.1 Å². The molecule has 3 nitrogen and oxygen atoms in total. The molecular formula is C7H11NO2. The predicted octanol–water partition coefficient (Wildman–Crippen LogP) is -0.208. The maximum absolute atomic E-state index is 8.48. The molecule has 3 N–H and O–H groups in total. The van der Waals surface area contributed by atoms with Crippen LogP contribution in [0.15, 0.2) is 24.4 Å². The second kappa shape index (κ2) is 4.90. The molecule has 0 saturated heterocycles. The summed E-state index contributed by atoms with van der Waals surface area (Å²) in [5.41, 5.74) is 0.944. The van der Waals surface area contributed by atoms with Crippen molar-refractivity contribution < 1.29 is 10.6 Å². The van der Waals surface area contributed by atoms with E-state index in [1.807, 2.05) is 18.2 Å². The minimum Gasteiger partial charge on any atom is -0.412 e. The van der Waals surface area contributed by atoms with Crippen LogP contribution >= 0.6 is 0 Å². The molecule has 0 amide bonds. The first-order valence-electron chi connectivity index (χ1n) is 2.94. The molecule has 0 aromatic carbocycles. The number of pyridine rings is 1. The number of hydrogen-bond donors (Lipinski definition) is 1. The fraction of sp³-hybridized carbons (Fsp3) is 0.286. The number of aromatic nitrogens is 1. The van der Waals surface area contributed by atoms with Crippen LogP contribution in [-0.2, 0) is 6.42 Å². The van der Waals surface area contributed by atoms with Gasteiger partial charge in [-0.05, 0) is 12.1 Å². The van der Waals surface area contributed by atoms with Gasteiger partial charge in [0, 0.05) is 24.9 Å². The summed E-state index contributed by atoms with van der Waals surface area (Å²) in [6.07, 6.45) is 2.38. The molecule has 0 bridgehead atoms.